The fourth-order valence-corrected chi connectivity index (χ4v) is 2.05. The molecule has 0 unspecified atom stereocenters. The molecule has 2 rings (SSSR count). The van der Waals surface area contributed by atoms with Crippen molar-refractivity contribution in [3.63, 3.8) is 0 Å². The maximum absolute atomic E-state index is 9.85. The SMILES string of the molecule is COc1cc(/C=N/N2CCN(C)CC2)cc(OC)c1O.Cl. The van der Waals surface area contributed by atoms with Crippen LogP contribution in [0.1, 0.15) is 5.56 Å². The van der Waals surface area contributed by atoms with Crippen LogP contribution in [0.15, 0.2) is 17.2 Å². The molecule has 0 radical (unpaired) electrons. The molecule has 21 heavy (non-hydrogen) atoms. The summed E-state index contributed by atoms with van der Waals surface area (Å²) in [5, 5.41) is 16.3. The summed E-state index contributed by atoms with van der Waals surface area (Å²) in [6, 6.07) is 3.47. The number of hydrogen-bond acceptors (Lipinski definition) is 6. The van der Waals surface area contributed by atoms with E-state index in [-0.39, 0.29) is 18.2 Å². The molecule has 118 valence electrons. The Morgan fingerprint density at radius 1 is 1.10 bits per heavy atom. The Hall–Kier alpha value is -1.66. The molecular weight excluding hydrogens is 294 g/mol. The Kier molecular flexibility index (Phi) is 6.58. The van der Waals surface area contributed by atoms with Crippen molar-refractivity contribution in [1.82, 2.24) is 9.91 Å². The van der Waals surface area contributed by atoms with Gasteiger partial charge in [0.25, 0.3) is 0 Å². The maximum Gasteiger partial charge on any atom is 0.200 e. The molecule has 0 aliphatic carbocycles. The van der Waals surface area contributed by atoms with E-state index in [9.17, 15) is 5.11 Å². The first-order valence-electron chi connectivity index (χ1n) is 6.56. The minimum absolute atomic E-state index is 0. The monoisotopic (exact) mass is 315 g/mol. The second-order valence-corrected chi connectivity index (χ2v) is 4.78. The van der Waals surface area contributed by atoms with Gasteiger partial charge in [0.1, 0.15) is 0 Å². The third-order valence-corrected chi connectivity index (χ3v) is 3.35. The van der Waals surface area contributed by atoms with Crippen molar-refractivity contribution in [2.45, 2.75) is 0 Å². The van der Waals surface area contributed by atoms with Crippen LogP contribution in [0.25, 0.3) is 0 Å². The van der Waals surface area contributed by atoms with Crippen LogP contribution in [-0.2, 0) is 0 Å². The highest BCUT2D eigenvalue weighted by Gasteiger charge is 2.12. The fourth-order valence-electron chi connectivity index (χ4n) is 2.05. The summed E-state index contributed by atoms with van der Waals surface area (Å²) in [6.07, 6.45) is 1.76. The van der Waals surface area contributed by atoms with E-state index in [0.29, 0.717) is 11.5 Å². The van der Waals surface area contributed by atoms with E-state index in [1.54, 1.807) is 18.3 Å². The van der Waals surface area contributed by atoms with E-state index >= 15 is 0 Å². The molecule has 1 heterocycles. The van der Waals surface area contributed by atoms with Crippen LogP contribution in [0.2, 0.25) is 0 Å². The van der Waals surface area contributed by atoms with Gasteiger partial charge in [-0.1, -0.05) is 0 Å². The van der Waals surface area contributed by atoms with Gasteiger partial charge in [0.05, 0.1) is 20.4 Å². The van der Waals surface area contributed by atoms with Crippen LogP contribution >= 0.6 is 12.4 Å². The van der Waals surface area contributed by atoms with E-state index in [2.05, 4.69) is 17.0 Å². The number of halogens is 1. The second-order valence-electron chi connectivity index (χ2n) is 4.78. The smallest absolute Gasteiger partial charge is 0.200 e. The summed E-state index contributed by atoms with van der Waals surface area (Å²) in [4.78, 5) is 2.28. The largest absolute Gasteiger partial charge is 0.502 e. The molecule has 0 bridgehead atoms. The van der Waals surface area contributed by atoms with E-state index in [1.807, 2.05) is 5.01 Å². The second kappa shape index (κ2) is 7.95. The molecule has 1 saturated heterocycles. The van der Waals surface area contributed by atoms with Crippen LogP contribution in [0, 0.1) is 0 Å². The Bertz CT molecular complexity index is 463. The molecule has 1 aliphatic rings. The first-order chi connectivity index (χ1) is 9.63. The zero-order chi connectivity index (χ0) is 14.5. The molecule has 0 aromatic heterocycles. The number of methoxy groups -OCH3 is 2. The normalized spacial score (nSPS) is 15.9. The van der Waals surface area contributed by atoms with Crippen molar-refractivity contribution in [2.24, 2.45) is 5.10 Å². The highest BCUT2D eigenvalue weighted by Crippen LogP contribution is 2.36. The minimum Gasteiger partial charge on any atom is -0.502 e. The van der Waals surface area contributed by atoms with Gasteiger partial charge in [-0.05, 0) is 19.2 Å². The zero-order valence-corrected chi connectivity index (χ0v) is 13.4. The van der Waals surface area contributed by atoms with Crippen molar-refractivity contribution >= 4 is 18.6 Å². The molecule has 1 aliphatic heterocycles. The average Bonchev–Trinajstić information content (AvgIpc) is 2.47. The van der Waals surface area contributed by atoms with Crippen LogP contribution in [0.4, 0.5) is 0 Å². The van der Waals surface area contributed by atoms with Crippen molar-refractivity contribution in [3.05, 3.63) is 17.7 Å². The number of aromatic hydroxyl groups is 1. The van der Waals surface area contributed by atoms with Crippen LogP contribution in [0.3, 0.4) is 0 Å². The Morgan fingerprint density at radius 2 is 1.62 bits per heavy atom. The maximum atomic E-state index is 9.85. The molecule has 0 atom stereocenters. The van der Waals surface area contributed by atoms with Gasteiger partial charge in [0, 0.05) is 31.7 Å². The van der Waals surface area contributed by atoms with Gasteiger partial charge in [-0.2, -0.15) is 5.10 Å². The van der Waals surface area contributed by atoms with Gasteiger partial charge in [-0.15, -0.1) is 12.4 Å². The number of piperazine rings is 1. The summed E-state index contributed by atoms with van der Waals surface area (Å²) >= 11 is 0. The highest BCUT2D eigenvalue weighted by molar-refractivity contribution is 5.85. The topological polar surface area (TPSA) is 57.5 Å². The van der Waals surface area contributed by atoms with Gasteiger partial charge in [-0.25, -0.2) is 0 Å². The number of nitrogens with zero attached hydrogens (tertiary/aromatic N) is 3. The quantitative estimate of drug-likeness (QED) is 0.852. The zero-order valence-electron chi connectivity index (χ0n) is 12.6. The summed E-state index contributed by atoms with van der Waals surface area (Å²) in [5.41, 5.74) is 0.829. The third kappa shape index (κ3) is 4.41. The van der Waals surface area contributed by atoms with Crippen LogP contribution < -0.4 is 9.47 Å². The Balaban J connectivity index is 0.00000220. The third-order valence-electron chi connectivity index (χ3n) is 3.35. The number of hydrazone groups is 1. The lowest BCUT2D eigenvalue weighted by atomic mass is 10.2. The minimum atomic E-state index is 0. The number of likely N-dealkylation sites (N-methyl/N-ethyl adjacent to an activating group) is 1. The van der Waals surface area contributed by atoms with Gasteiger partial charge >= 0.3 is 0 Å². The van der Waals surface area contributed by atoms with E-state index in [4.69, 9.17) is 9.47 Å². The number of benzene rings is 1. The number of phenols is 1. The molecule has 1 fully saturated rings. The summed E-state index contributed by atoms with van der Waals surface area (Å²) in [6.45, 7) is 3.86. The Labute approximate surface area is 131 Å². The Morgan fingerprint density at radius 3 is 2.10 bits per heavy atom. The van der Waals surface area contributed by atoms with Gasteiger partial charge in [0.2, 0.25) is 5.75 Å². The first-order valence-corrected chi connectivity index (χ1v) is 6.56. The molecule has 0 spiro atoms. The van der Waals surface area contributed by atoms with Gasteiger partial charge in [-0.3, -0.25) is 5.01 Å². The lowest BCUT2D eigenvalue weighted by Gasteiger charge is -2.30. The number of phenolic OH excluding ortho intramolecular Hbond substituents is 1. The molecule has 6 nitrogen and oxygen atoms in total. The molecule has 0 saturated carbocycles. The molecule has 1 aromatic rings. The first kappa shape index (κ1) is 17.4. The van der Waals surface area contributed by atoms with E-state index in [1.165, 1.54) is 14.2 Å². The van der Waals surface area contributed by atoms with Crippen molar-refractivity contribution in [2.75, 3.05) is 47.4 Å². The van der Waals surface area contributed by atoms with Crippen LogP contribution in [0.5, 0.6) is 17.2 Å². The number of hydrogen-bond donors (Lipinski definition) is 1. The fraction of sp³-hybridized carbons (Fsp3) is 0.500. The average molecular weight is 316 g/mol. The highest BCUT2D eigenvalue weighted by atomic mass is 35.5. The lowest BCUT2D eigenvalue weighted by Crippen LogP contribution is -2.41. The molecular formula is C14H22ClN3O3. The predicted molar refractivity (Wildman–Crippen MR) is 85.1 cm³/mol. The van der Waals surface area contributed by atoms with Gasteiger partial charge in [0.15, 0.2) is 11.5 Å². The molecule has 1 aromatic carbocycles. The number of ether oxygens (including phenoxy) is 2. The molecule has 7 heteroatoms. The number of rotatable bonds is 4. The molecule has 0 amide bonds. The van der Waals surface area contributed by atoms with Crippen molar-refractivity contribution < 1.29 is 14.6 Å². The summed E-state index contributed by atoms with van der Waals surface area (Å²) < 4.78 is 10.2. The summed E-state index contributed by atoms with van der Waals surface area (Å²) in [7, 11) is 5.13. The van der Waals surface area contributed by atoms with Crippen molar-refractivity contribution in [1.29, 1.82) is 0 Å². The van der Waals surface area contributed by atoms with E-state index in [0.717, 1.165) is 31.7 Å². The standard InChI is InChI=1S/C14H21N3O3.ClH/c1-16-4-6-17(7-5-16)15-10-11-8-12(19-2)14(18)13(9-11)20-3;/h8-10,18H,4-7H2,1-3H3;1H/b15-10+;. The van der Waals surface area contributed by atoms with Gasteiger partial charge < -0.3 is 19.5 Å². The predicted octanol–water partition coefficient (Wildman–Crippen LogP) is 1.41. The van der Waals surface area contributed by atoms with E-state index < -0.39 is 0 Å². The lowest BCUT2D eigenvalue weighted by molar-refractivity contribution is 0.159. The summed E-state index contributed by atoms with van der Waals surface area (Å²) in [5.74, 6) is 0.764. The van der Waals surface area contributed by atoms with Crippen LogP contribution in [-0.4, -0.2) is 68.7 Å². The van der Waals surface area contributed by atoms with Crippen molar-refractivity contribution in [3.8, 4) is 17.2 Å². The molecule has 1 N–H and O–H groups in total.